The number of carbonyl (C=O) groups is 1. The van der Waals surface area contributed by atoms with Crippen LogP contribution in [0.3, 0.4) is 0 Å². The summed E-state index contributed by atoms with van der Waals surface area (Å²) in [4.78, 5) is 12.9. The highest BCUT2D eigenvalue weighted by Gasteiger charge is 2.71. The molecule has 0 spiro atoms. The number of benzene rings is 2. The maximum absolute atomic E-state index is 12.9. The molecular formula is C18H18N2O4. The summed E-state index contributed by atoms with van der Waals surface area (Å²) in [5.74, 6) is -2.39. The highest BCUT2D eigenvalue weighted by atomic mass is 16.7. The Balaban J connectivity index is 1.98. The van der Waals surface area contributed by atoms with Crippen molar-refractivity contribution in [3.8, 4) is 5.75 Å². The van der Waals surface area contributed by atoms with Crippen LogP contribution in [0.25, 0.3) is 0 Å². The van der Waals surface area contributed by atoms with Crippen LogP contribution in [0.2, 0.25) is 0 Å². The van der Waals surface area contributed by atoms with E-state index in [9.17, 15) is 15.0 Å². The molecule has 1 unspecified atom stereocenters. The molecule has 2 aliphatic rings. The van der Waals surface area contributed by atoms with Gasteiger partial charge in [0.1, 0.15) is 5.75 Å². The Labute approximate surface area is 138 Å². The molecule has 6 N–H and O–H groups in total. The van der Waals surface area contributed by atoms with E-state index in [1.807, 2.05) is 19.9 Å². The third kappa shape index (κ3) is 1.45. The van der Waals surface area contributed by atoms with Crippen LogP contribution in [-0.2, 0) is 11.4 Å². The van der Waals surface area contributed by atoms with Crippen LogP contribution in [0.15, 0.2) is 30.3 Å². The smallest absolute Gasteiger partial charge is 0.276 e. The monoisotopic (exact) mass is 326 g/mol. The van der Waals surface area contributed by atoms with E-state index in [-0.39, 0.29) is 34.0 Å². The minimum absolute atomic E-state index is 0.0126. The molecule has 124 valence electrons. The molecule has 4 rings (SSSR count). The van der Waals surface area contributed by atoms with Gasteiger partial charge in [-0.25, -0.2) is 0 Å². The number of Topliss-reactive ketones (excluding diaryl/α,β-unsaturated/α-hetero) is 1. The summed E-state index contributed by atoms with van der Waals surface area (Å²) in [7, 11) is 0. The van der Waals surface area contributed by atoms with Crippen molar-refractivity contribution in [1.82, 2.24) is 0 Å². The molecule has 2 aromatic carbocycles. The first-order valence-corrected chi connectivity index (χ1v) is 7.73. The van der Waals surface area contributed by atoms with Gasteiger partial charge in [0.15, 0.2) is 0 Å². The average Bonchev–Trinajstić information content (AvgIpc) is 2.86. The number of hydrogen-bond donors (Lipinski definition) is 4. The Morgan fingerprint density at radius 3 is 2.42 bits per heavy atom. The van der Waals surface area contributed by atoms with Crippen molar-refractivity contribution in [3.05, 3.63) is 52.6 Å². The normalized spacial score (nSPS) is 27.0. The highest BCUT2D eigenvalue weighted by Crippen LogP contribution is 2.59. The SMILES string of the molecule is CC(C)c1ccc2c(c1)O[C@@]1(O)c3ccc(N)c(N)c3C(=O)C21O. The fraction of sp³-hybridized carbons (Fsp3) is 0.278. The summed E-state index contributed by atoms with van der Waals surface area (Å²) in [6, 6.07) is 8.11. The molecule has 2 atom stereocenters. The van der Waals surface area contributed by atoms with E-state index >= 15 is 0 Å². The van der Waals surface area contributed by atoms with Crippen LogP contribution in [0.5, 0.6) is 5.75 Å². The Kier molecular flexibility index (Phi) is 2.68. The van der Waals surface area contributed by atoms with Crippen molar-refractivity contribution in [2.75, 3.05) is 11.5 Å². The standard InChI is InChI=1S/C18H18N2O4/c1-8(2)9-3-4-10-13(7-9)24-18(23)11-5-6-12(19)15(20)14(11)16(21)17(10,18)22/h3-8,22-23H,19-20H2,1-2H3/t17?,18-/m0/s1. The molecule has 0 saturated carbocycles. The van der Waals surface area contributed by atoms with E-state index < -0.39 is 17.2 Å². The van der Waals surface area contributed by atoms with Crippen LogP contribution >= 0.6 is 0 Å². The molecule has 0 fully saturated rings. The second-order valence-electron chi connectivity index (χ2n) is 6.69. The van der Waals surface area contributed by atoms with Crippen molar-refractivity contribution in [2.24, 2.45) is 0 Å². The van der Waals surface area contributed by atoms with Crippen molar-refractivity contribution < 1.29 is 19.7 Å². The number of ether oxygens (including phenoxy) is 1. The first kappa shape index (κ1) is 15.0. The summed E-state index contributed by atoms with van der Waals surface area (Å²) >= 11 is 0. The van der Waals surface area contributed by atoms with Crippen LogP contribution < -0.4 is 16.2 Å². The van der Waals surface area contributed by atoms with Gasteiger partial charge in [-0.05, 0) is 29.7 Å². The molecule has 0 aromatic heterocycles. The molecule has 6 heteroatoms. The lowest BCUT2D eigenvalue weighted by molar-refractivity contribution is -0.224. The van der Waals surface area contributed by atoms with Gasteiger partial charge in [-0.1, -0.05) is 26.0 Å². The summed E-state index contributed by atoms with van der Waals surface area (Å²) in [6.07, 6.45) is 0. The number of rotatable bonds is 1. The van der Waals surface area contributed by atoms with Crippen molar-refractivity contribution >= 4 is 17.2 Å². The maximum Gasteiger partial charge on any atom is 0.276 e. The van der Waals surface area contributed by atoms with Crippen molar-refractivity contribution in [1.29, 1.82) is 0 Å². The maximum atomic E-state index is 12.9. The first-order chi connectivity index (χ1) is 11.2. The third-order valence-corrected chi connectivity index (χ3v) is 5.01. The summed E-state index contributed by atoms with van der Waals surface area (Å²) in [5.41, 5.74) is 11.0. The van der Waals surface area contributed by atoms with Gasteiger partial charge in [-0.2, -0.15) is 0 Å². The lowest BCUT2D eigenvalue weighted by Crippen LogP contribution is -2.48. The Hall–Kier alpha value is -2.57. The molecule has 1 heterocycles. The topological polar surface area (TPSA) is 119 Å². The number of nitrogen functional groups attached to an aromatic ring is 2. The highest BCUT2D eigenvalue weighted by molar-refractivity contribution is 6.14. The number of nitrogens with two attached hydrogens (primary N) is 2. The minimum atomic E-state index is -2.23. The number of ketones is 1. The number of hydrogen-bond acceptors (Lipinski definition) is 6. The van der Waals surface area contributed by atoms with Gasteiger partial charge in [0.2, 0.25) is 11.4 Å². The predicted molar refractivity (Wildman–Crippen MR) is 88.5 cm³/mol. The molecule has 0 radical (unpaired) electrons. The molecule has 0 saturated heterocycles. The predicted octanol–water partition coefficient (Wildman–Crippen LogP) is 1.60. The molecule has 6 nitrogen and oxygen atoms in total. The summed E-state index contributed by atoms with van der Waals surface area (Å²) in [5, 5.41) is 22.2. The van der Waals surface area contributed by atoms with Crippen molar-refractivity contribution in [3.63, 3.8) is 0 Å². The average molecular weight is 326 g/mol. The van der Waals surface area contributed by atoms with Crippen LogP contribution in [0, 0.1) is 0 Å². The first-order valence-electron chi connectivity index (χ1n) is 7.73. The summed E-state index contributed by atoms with van der Waals surface area (Å²) < 4.78 is 5.69. The quantitative estimate of drug-likeness (QED) is 0.591. The Morgan fingerprint density at radius 2 is 1.75 bits per heavy atom. The molecule has 0 amide bonds. The zero-order valence-corrected chi connectivity index (χ0v) is 13.3. The number of carbonyl (C=O) groups excluding carboxylic acids is 1. The number of aliphatic hydroxyl groups is 2. The van der Waals surface area contributed by atoms with Crippen LogP contribution in [0.1, 0.15) is 46.8 Å². The van der Waals surface area contributed by atoms with Crippen LogP contribution in [-0.4, -0.2) is 16.0 Å². The van der Waals surface area contributed by atoms with Gasteiger partial charge in [-0.3, -0.25) is 4.79 Å². The van der Waals surface area contributed by atoms with Gasteiger partial charge in [-0.15, -0.1) is 0 Å². The van der Waals surface area contributed by atoms with E-state index in [0.29, 0.717) is 5.75 Å². The van der Waals surface area contributed by atoms with Gasteiger partial charge in [0.25, 0.3) is 5.79 Å². The third-order valence-electron chi connectivity index (χ3n) is 5.01. The molecule has 1 aliphatic heterocycles. The minimum Gasteiger partial charge on any atom is -0.454 e. The van der Waals surface area contributed by atoms with E-state index in [1.54, 1.807) is 12.1 Å². The second-order valence-corrected chi connectivity index (χ2v) is 6.69. The van der Waals surface area contributed by atoms with E-state index in [0.717, 1.165) is 5.56 Å². The largest absolute Gasteiger partial charge is 0.454 e. The number of anilines is 2. The Morgan fingerprint density at radius 1 is 1.08 bits per heavy atom. The molecule has 0 bridgehead atoms. The van der Waals surface area contributed by atoms with E-state index in [4.69, 9.17) is 16.2 Å². The van der Waals surface area contributed by atoms with Crippen LogP contribution in [0.4, 0.5) is 11.4 Å². The van der Waals surface area contributed by atoms with Gasteiger partial charge >= 0.3 is 0 Å². The van der Waals surface area contributed by atoms with Gasteiger partial charge in [0, 0.05) is 11.1 Å². The molecule has 24 heavy (non-hydrogen) atoms. The molecule has 2 aromatic rings. The van der Waals surface area contributed by atoms with Crippen molar-refractivity contribution in [2.45, 2.75) is 31.2 Å². The lowest BCUT2D eigenvalue weighted by Gasteiger charge is -2.28. The molecular weight excluding hydrogens is 308 g/mol. The van der Waals surface area contributed by atoms with E-state index in [1.165, 1.54) is 12.1 Å². The summed E-state index contributed by atoms with van der Waals surface area (Å²) in [6.45, 7) is 4.04. The zero-order chi connectivity index (χ0) is 17.4. The molecule has 1 aliphatic carbocycles. The Bertz CT molecular complexity index is 908. The fourth-order valence-electron chi connectivity index (χ4n) is 3.57. The zero-order valence-electron chi connectivity index (χ0n) is 13.3. The van der Waals surface area contributed by atoms with Gasteiger partial charge in [0.05, 0.1) is 16.9 Å². The lowest BCUT2D eigenvalue weighted by atomic mass is 9.86. The van der Waals surface area contributed by atoms with Gasteiger partial charge < -0.3 is 26.4 Å². The number of fused-ring (bicyclic) bond motifs is 5. The van der Waals surface area contributed by atoms with E-state index in [2.05, 4.69) is 0 Å². The second kappa shape index (κ2) is 4.28. The fourth-order valence-corrected chi connectivity index (χ4v) is 3.57.